The molecule has 0 fully saturated rings. The van der Waals surface area contributed by atoms with Crippen molar-refractivity contribution in [2.45, 2.75) is 65.4 Å². The minimum absolute atomic E-state index is 0.189. The Morgan fingerprint density at radius 2 is 1.92 bits per heavy atom. The minimum atomic E-state index is -0.554. The number of rotatable bonds is 7. The fraction of sp³-hybridized carbons (Fsp3) is 0.476. The molecule has 1 aromatic heterocycles. The Morgan fingerprint density at radius 3 is 2.50 bits per heavy atom. The Labute approximate surface area is 155 Å². The summed E-state index contributed by atoms with van der Waals surface area (Å²) in [5, 5.41) is 3.99. The molecule has 5 nitrogen and oxygen atoms in total. The van der Waals surface area contributed by atoms with Crippen LogP contribution in [0.1, 0.15) is 69.8 Å². The van der Waals surface area contributed by atoms with Gasteiger partial charge in [-0.1, -0.05) is 49.8 Å². The van der Waals surface area contributed by atoms with Crippen molar-refractivity contribution in [1.82, 2.24) is 10.1 Å². The molecular weight excluding hydrogens is 328 g/mol. The van der Waals surface area contributed by atoms with E-state index in [1.165, 1.54) is 5.56 Å². The van der Waals surface area contributed by atoms with Crippen LogP contribution in [0.3, 0.4) is 0 Å². The lowest BCUT2D eigenvalue weighted by molar-refractivity contribution is -0.150. The van der Waals surface area contributed by atoms with Crippen molar-refractivity contribution in [1.29, 1.82) is 0 Å². The molecular formula is C21H28N2O3. The van der Waals surface area contributed by atoms with Crippen LogP contribution in [0.2, 0.25) is 0 Å². The smallest absolute Gasteiger partial charge is 0.334 e. The Balaban J connectivity index is 1.95. The highest BCUT2D eigenvalue weighted by atomic mass is 16.6. The number of hydrogen-bond acceptors (Lipinski definition) is 5. The Kier molecular flexibility index (Phi) is 6.35. The van der Waals surface area contributed by atoms with Gasteiger partial charge in [0, 0.05) is 12.0 Å². The lowest BCUT2D eigenvalue weighted by Gasteiger charge is -2.19. The number of esters is 1. The largest absolute Gasteiger partial charge is 0.457 e. The standard InChI is InChI=1S/C21H28N2O3/c1-7-14(2)17-10-8-16(9-11-17)13-18-22-19(26-23-18)12-15(3)20(24)25-21(4,5)6/h8-11,14H,3,7,12-13H2,1-2,4-6H3. The van der Waals surface area contributed by atoms with Gasteiger partial charge >= 0.3 is 5.97 Å². The number of hydrogen-bond donors (Lipinski definition) is 0. The highest BCUT2D eigenvalue weighted by Gasteiger charge is 2.20. The van der Waals surface area contributed by atoms with Crippen molar-refractivity contribution in [3.05, 3.63) is 59.3 Å². The molecule has 1 atom stereocenters. The summed E-state index contributed by atoms with van der Waals surface area (Å²) in [5.74, 6) is 1.07. The molecule has 1 unspecified atom stereocenters. The zero-order valence-corrected chi connectivity index (χ0v) is 16.3. The fourth-order valence-electron chi connectivity index (χ4n) is 2.42. The van der Waals surface area contributed by atoms with E-state index in [2.05, 4.69) is 54.8 Å². The summed E-state index contributed by atoms with van der Waals surface area (Å²) in [6, 6.07) is 8.48. The van der Waals surface area contributed by atoms with Gasteiger partial charge in [-0.2, -0.15) is 4.98 Å². The van der Waals surface area contributed by atoms with Gasteiger partial charge in [0.15, 0.2) is 5.82 Å². The second-order valence-corrected chi connectivity index (χ2v) is 7.61. The minimum Gasteiger partial charge on any atom is -0.457 e. The summed E-state index contributed by atoms with van der Waals surface area (Å²) in [4.78, 5) is 16.3. The number of carbonyl (C=O) groups is 1. The molecule has 0 spiro atoms. The Hall–Kier alpha value is -2.43. The normalized spacial score (nSPS) is 12.7. The molecule has 0 saturated carbocycles. The quantitative estimate of drug-likeness (QED) is 0.535. The first-order valence-electron chi connectivity index (χ1n) is 8.99. The third kappa shape index (κ3) is 5.83. The van der Waals surface area contributed by atoms with Gasteiger partial charge in [0.1, 0.15) is 5.60 Å². The Morgan fingerprint density at radius 1 is 1.27 bits per heavy atom. The molecule has 0 N–H and O–H groups in total. The second kappa shape index (κ2) is 8.30. The van der Waals surface area contributed by atoms with E-state index < -0.39 is 11.6 Å². The molecule has 0 radical (unpaired) electrons. The van der Waals surface area contributed by atoms with Gasteiger partial charge in [-0.3, -0.25) is 0 Å². The van der Waals surface area contributed by atoms with Crippen LogP contribution in [0, 0.1) is 0 Å². The summed E-state index contributed by atoms with van der Waals surface area (Å²) in [5.41, 5.74) is 2.20. The molecule has 0 amide bonds. The van der Waals surface area contributed by atoms with Crippen molar-refractivity contribution >= 4 is 5.97 Å². The van der Waals surface area contributed by atoms with Crippen LogP contribution < -0.4 is 0 Å². The van der Waals surface area contributed by atoms with E-state index in [9.17, 15) is 4.79 Å². The summed E-state index contributed by atoms with van der Waals surface area (Å²) < 4.78 is 10.5. The van der Waals surface area contributed by atoms with Crippen LogP contribution >= 0.6 is 0 Å². The van der Waals surface area contributed by atoms with Crippen LogP contribution in [0.15, 0.2) is 40.9 Å². The highest BCUT2D eigenvalue weighted by molar-refractivity contribution is 5.88. The van der Waals surface area contributed by atoms with Crippen LogP contribution in [0.5, 0.6) is 0 Å². The van der Waals surface area contributed by atoms with Gasteiger partial charge in [0.25, 0.3) is 0 Å². The van der Waals surface area contributed by atoms with Crippen LogP contribution in [0.25, 0.3) is 0 Å². The monoisotopic (exact) mass is 356 g/mol. The lowest BCUT2D eigenvalue weighted by Crippen LogP contribution is -2.25. The first-order valence-corrected chi connectivity index (χ1v) is 8.99. The lowest BCUT2D eigenvalue weighted by atomic mass is 9.97. The molecule has 1 heterocycles. The molecule has 0 aliphatic rings. The van der Waals surface area contributed by atoms with E-state index in [1.807, 2.05) is 20.8 Å². The van der Waals surface area contributed by atoms with E-state index in [0.717, 1.165) is 12.0 Å². The number of carbonyl (C=O) groups excluding carboxylic acids is 1. The SMILES string of the molecule is C=C(Cc1nc(Cc2ccc(C(C)CC)cc2)no1)C(=O)OC(C)(C)C. The maximum Gasteiger partial charge on any atom is 0.334 e. The van der Waals surface area contributed by atoms with E-state index in [4.69, 9.17) is 9.26 Å². The first-order chi connectivity index (χ1) is 12.2. The summed E-state index contributed by atoms with van der Waals surface area (Å²) in [6.45, 7) is 13.6. The molecule has 26 heavy (non-hydrogen) atoms. The molecule has 0 saturated heterocycles. The molecule has 0 bridgehead atoms. The van der Waals surface area contributed by atoms with Crippen molar-refractivity contribution in [2.75, 3.05) is 0 Å². The van der Waals surface area contributed by atoms with Crippen molar-refractivity contribution in [3.63, 3.8) is 0 Å². The molecule has 0 aliphatic carbocycles. The maximum absolute atomic E-state index is 12.0. The second-order valence-electron chi connectivity index (χ2n) is 7.61. The average molecular weight is 356 g/mol. The summed E-state index contributed by atoms with van der Waals surface area (Å²) >= 11 is 0. The van der Waals surface area contributed by atoms with Gasteiger partial charge in [0.05, 0.1) is 6.42 Å². The zero-order chi connectivity index (χ0) is 19.3. The van der Waals surface area contributed by atoms with Crippen LogP contribution in [-0.4, -0.2) is 21.7 Å². The van der Waals surface area contributed by atoms with Gasteiger partial charge in [-0.25, -0.2) is 4.79 Å². The van der Waals surface area contributed by atoms with Gasteiger partial charge < -0.3 is 9.26 Å². The van der Waals surface area contributed by atoms with Crippen molar-refractivity contribution in [3.8, 4) is 0 Å². The predicted molar refractivity (Wildman–Crippen MR) is 101 cm³/mol. The first kappa shape index (κ1) is 19.9. The molecule has 140 valence electrons. The van der Waals surface area contributed by atoms with Gasteiger partial charge in [0.2, 0.25) is 5.89 Å². The molecule has 2 aromatic rings. The number of aromatic nitrogens is 2. The maximum atomic E-state index is 12.0. The number of nitrogens with zero attached hydrogens (tertiary/aromatic N) is 2. The molecule has 5 heteroatoms. The third-order valence-electron chi connectivity index (χ3n) is 4.09. The number of ether oxygens (including phenoxy) is 1. The molecule has 1 aromatic carbocycles. The summed E-state index contributed by atoms with van der Waals surface area (Å²) in [7, 11) is 0. The van der Waals surface area contributed by atoms with Crippen molar-refractivity contribution < 1.29 is 14.1 Å². The average Bonchev–Trinajstić information content (AvgIpc) is 3.00. The molecule has 0 aliphatic heterocycles. The van der Waals surface area contributed by atoms with Gasteiger partial charge in [-0.05, 0) is 44.2 Å². The zero-order valence-electron chi connectivity index (χ0n) is 16.3. The van der Waals surface area contributed by atoms with E-state index in [0.29, 0.717) is 29.6 Å². The van der Waals surface area contributed by atoms with E-state index in [-0.39, 0.29) is 6.42 Å². The number of benzene rings is 1. The van der Waals surface area contributed by atoms with Gasteiger partial charge in [-0.15, -0.1) is 0 Å². The van der Waals surface area contributed by atoms with Crippen LogP contribution in [-0.2, 0) is 22.4 Å². The predicted octanol–water partition coefficient (Wildman–Crippen LogP) is 4.61. The van der Waals surface area contributed by atoms with E-state index in [1.54, 1.807) is 0 Å². The van der Waals surface area contributed by atoms with Crippen LogP contribution in [0.4, 0.5) is 0 Å². The fourth-order valence-corrected chi connectivity index (χ4v) is 2.42. The molecule has 2 rings (SSSR count). The Bertz CT molecular complexity index is 754. The van der Waals surface area contributed by atoms with E-state index >= 15 is 0 Å². The highest BCUT2D eigenvalue weighted by Crippen LogP contribution is 2.20. The third-order valence-corrected chi connectivity index (χ3v) is 4.09. The van der Waals surface area contributed by atoms with Crippen molar-refractivity contribution in [2.24, 2.45) is 0 Å². The summed E-state index contributed by atoms with van der Waals surface area (Å²) in [6.07, 6.45) is 1.90. The topological polar surface area (TPSA) is 65.2 Å².